The first kappa shape index (κ1) is 21.7. The molecule has 0 spiro atoms. The van der Waals surface area contributed by atoms with E-state index in [1.54, 1.807) is 12.4 Å². The molecular formula is C22H25ClN6OS. The molecule has 0 bridgehead atoms. The van der Waals surface area contributed by atoms with Crippen LogP contribution < -0.4 is 10.2 Å². The minimum Gasteiger partial charge on any atom is -0.351 e. The van der Waals surface area contributed by atoms with E-state index in [-0.39, 0.29) is 5.91 Å². The number of aryl methyl sites for hydroxylation is 1. The van der Waals surface area contributed by atoms with Crippen LogP contribution in [0.2, 0.25) is 5.02 Å². The molecule has 162 valence electrons. The number of hydrogen-bond acceptors (Lipinski definition) is 7. The Morgan fingerprint density at radius 1 is 1.13 bits per heavy atom. The summed E-state index contributed by atoms with van der Waals surface area (Å²) in [5, 5.41) is 4.56. The van der Waals surface area contributed by atoms with Crippen LogP contribution in [0.4, 0.5) is 5.95 Å². The maximum absolute atomic E-state index is 12.6. The Morgan fingerprint density at radius 2 is 1.84 bits per heavy atom. The zero-order valence-corrected chi connectivity index (χ0v) is 19.0. The van der Waals surface area contributed by atoms with Gasteiger partial charge in [-0.25, -0.2) is 15.0 Å². The number of amides is 1. The lowest BCUT2D eigenvalue weighted by atomic mass is 10.2. The van der Waals surface area contributed by atoms with Gasteiger partial charge in [0.1, 0.15) is 9.88 Å². The van der Waals surface area contributed by atoms with Crippen molar-refractivity contribution in [3.63, 3.8) is 0 Å². The average molecular weight is 457 g/mol. The van der Waals surface area contributed by atoms with Gasteiger partial charge >= 0.3 is 0 Å². The highest BCUT2D eigenvalue weighted by molar-refractivity contribution is 7.17. The zero-order valence-electron chi connectivity index (χ0n) is 17.4. The molecule has 31 heavy (non-hydrogen) atoms. The standard InChI is InChI=1S/C22H25ClN6OS/c1-16-19(31-21(27-16)17-4-6-18(23)7-5-17)20(30)24-10-3-11-28-12-14-29(15-13-28)22-25-8-2-9-26-22/h2,4-9H,3,10-15H2,1H3,(H,24,30). The number of rotatable bonds is 7. The van der Waals surface area contributed by atoms with Crippen LogP contribution in [-0.4, -0.2) is 65.0 Å². The molecule has 1 aromatic carbocycles. The molecule has 1 aliphatic heterocycles. The van der Waals surface area contributed by atoms with Crippen molar-refractivity contribution < 1.29 is 4.79 Å². The fourth-order valence-corrected chi connectivity index (χ4v) is 4.65. The molecule has 0 atom stereocenters. The summed E-state index contributed by atoms with van der Waals surface area (Å²) >= 11 is 7.37. The van der Waals surface area contributed by atoms with Gasteiger partial charge in [-0.05, 0) is 38.1 Å². The molecule has 9 heteroatoms. The molecule has 2 aromatic heterocycles. The minimum absolute atomic E-state index is 0.0544. The number of thiazole rings is 1. The Hall–Kier alpha value is -2.55. The molecule has 3 heterocycles. The van der Waals surface area contributed by atoms with Gasteiger partial charge in [-0.15, -0.1) is 11.3 Å². The maximum Gasteiger partial charge on any atom is 0.263 e. The minimum atomic E-state index is -0.0544. The fourth-order valence-electron chi connectivity index (χ4n) is 3.53. The Balaban J connectivity index is 1.21. The van der Waals surface area contributed by atoms with Gasteiger partial charge in [-0.2, -0.15) is 0 Å². The van der Waals surface area contributed by atoms with Crippen molar-refractivity contribution in [3.05, 3.63) is 58.3 Å². The third kappa shape index (κ3) is 5.58. The number of halogens is 1. The largest absolute Gasteiger partial charge is 0.351 e. The van der Waals surface area contributed by atoms with Crippen molar-refractivity contribution in [2.24, 2.45) is 0 Å². The summed E-state index contributed by atoms with van der Waals surface area (Å²) in [6, 6.07) is 9.35. The van der Waals surface area contributed by atoms with Gasteiger partial charge in [0.2, 0.25) is 5.95 Å². The molecule has 0 aliphatic carbocycles. The van der Waals surface area contributed by atoms with Gasteiger partial charge in [-0.3, -0.25) is 9.69 Å². The third-order valence-electron chi connectivity index (χ3n) is 5.24. The molecule has 7 nitrogen and oxygen atoms in total. The van der Waals surface area contributed by atoms with Gasteiger partial charge in [0.05, 0.1) is 5.69 Å². The summed E-state index contributed by atoms with van der Waals surface area (Å²) in [6.07, 6.45) is 4.47. The number of piperazine rings is 1. The molecule has 0 unspecified atom stereocenters. The smallest absolute Gasteiger partial charge is 0.263 e. The lowest BCUT2D eigenvalue weighted by Crippen LogP contribution is -2.47. The van der Waals surface area contributed by atoms with Crippen LogP contribution in [0.5, 0.6) is 0 Å². The second-order valence-electron chi connectivity index (χ2n) is 7.43. The van der Waals surface area contributed by atoms with E-state index in [2.05, 4.69) is 30.1 Å². The molecule has 1 N–H and O–H groups in total. The van der Waals surface area contributed by atoms with Gasteiger partial charge in [0, 0.05) is 55.7 Å². The van der Waals surface area contributed by atoms with E-state index in [4.69, 9.17) is 11.6 Å². The van der Waals surface area contributed by atoms with Crippen molar-refractivity contribution in [1.82, 2.24) is 25.2 Å². The zero-order chi connectivity index (χ0) is 21.6. The van der Waals surface area contributed by atoms with Crippen LogP contribution in [0, 0.1) is 6.92 Å². The summed E-state index contributed by atoms with van der Waals surface area (Å²) in [5.74, 6) is 0.744. The van der Waals surface area contributed by atoms with Crippen LogP contribution in [0.15, 0.2) is 42.7 Å². The van der Waals surface area contributed by atoms with Crippen LogP contribution in [0.25, 0.3) is 10.6 Å². The van der Waals surface area contributed by atoms with E-state index in [1.807, 2.05) is 37.3 Å². The van der Waals surface area contributed by atoms with Crippen molar-refractivity contribution in [3.8, 4) is 10.6 Å². The first-order valence-corrected chi connectivity index (χ1v) is 11.6. The summed E-state index contributed by atoms with van der Waals surface area (Å²) in [6.45, 7) is 7.28. The van der Waals surface area contributed by atoms with Gasteiger partial charge in [0.25, 0.3) is 5.91 Å². The second kappa shape index (κ2) is 10.2. The molecule has 1 amide bonds. The number of nitrogens with zero attached hydrogens (tertiary/aromatic N) is 5. The molecule has 4 rings (SSSR count). The van der Waals surface area contributed by atoms with E-state index in [0.717, 1.165) is 61.4 Å². The fraction of sp³-hybridized carbons (Fsp3) is 0.364. The summed E-state index contributed by atoms with van der Waals surface area (Å²) < 4.78 is 0. The number of benzene rings is 1. The number of hydrogen-bond donors (Lipinski definition) is 1. The van der Waals surface area contributed by atoms with Gasteiger partial charge < -0.3 is 10.2 Å². The predicted molar refractivity (Wildman–Crippen MR) is 125 cm³/mol. The van der Waals surface area contributed by atoms with E-state index < -0.39 is 0 Å². The van der Waals surface area contributed by atoms with Crippen molar-refractivity contribution >= 4 is 34.8 Å². The van der Waals surface area contributed by atoms with Crippen LogP contribution in [0.3, 0.4) is 0 Å². The van der Waals surface area contributed by atoms with Crippen molar-refractivity contribution in [2.75, 3.05) is 44.2 Å². The highest BCUT2D eigenvalue weighted by Crippen LogP contribution is 2.28. The number of nitrogens with one attached hydrogen (secondary N) is 1. The Labute approximate surface area is 191 Å². The Bertz CT molecular complexity index is 1000. The first-order valence-electron chi connectivity index (χ1n) is 10.4. The monoisotopic (exact) mass is 456 g/mol. The lowest BCUT2D eigenvalue weighted by Gasteiger charge is -2.34. The topological polar surface area (TPSA) is 74.2 Å². The van der Waals surface area contributed by atoms with E-state index in [1.165, 1.54) is 11.3 Å². The summed E-state index contributed by atoms with van der Waals surface area (Å²) in [5.41, 5.74) is 1.73. The maximum atomic E-state index is 12.6. The highest BCUT2D eigenvalue weighted by Gasteiger charge is 2.19. The Kier molecular flexibility index (Phi) is 7.11. The van der Waals surface area contributed by atoms with E-state index in [0.29, 0.717) is 16.4 Å². The number of carbonyl (C=O) groups excluding carboxylic acids is 1. The van der Waals surface area contributed by atoms with Gasteiger partial charge in [0.15, 0.2) is 0 Å². The van der Waals surface area contributed by atoms with Crippen molar-refractivity contribution in [2.45, 2.75) is 13.3 Å². The van der Waals surface area contributed by atoms with Crippen molar-refractivity contribution in [1.29, 1.82) is 0 Å². The first-order chi connectivity index (χ1) is 15.1. The van der Waals surface area contributed by atoms with Crippen LogP contribution >= 0.6 is 22.9 Å². The molecule has 1 aliphatic rings. The molecule has 0 saturated carbocycles. The lowest BCUT2D eigenvalue weighted by molar-refractivity contribution is 0.0954. The molecule has 1 saturated heterocycles. The third-order valence-corrected chi connectivity index (χ3v) is 6.70. The SMILES string of the molecule is Cc1nc(-c2ccc(Cl)cc2)sc1C(=O)NCCCN1CCN(c2ncccn2)CC1. The van der Waals surface area contributed by atoms with E-state index >= 15 is 0 Å². The number of carbonyl (C=O) groups is 1. The summed E-state index contributed by atoms with van der Waals surface area (Å²) in [7, 11) is 0. The molecule has 3 aromatic rings. The predicted octanol–water partition coefficient (Wildman–Crippen LogP) is 3.50. The summed E-state index contributed by atoms with van der Waals surface area (Å²) in [4.78, 5) is 31.1. The molecular weight excluding hydrogens is 432 g/mol. The van der Waals surface area contributed by atoms with Gasteiger partial charge in [-0.1, -0.05) is 23.7 Å². The number of anilines is 1. The van der Waals surface area contributed by atoms with Crippen LogP contribution in [0.1, 0.15) is 21.8 Å². The average Bonchev–Trinajstić information content (AvgIpc) is 3.20. The van der Waals surface area contributed by atoms with Crippen LogP contribution in [-0.2, 0) is 0 Å². The Morgan fingerprint density at radius 3 is 2.55 bits per heavy atom. The highest BCUT2D eigenvalue weighted by atomic mass is 35.5. The quantitative estimate of drug-likeness (QED) is 0.548. The molecule has 0 radical (unpaired) electrons. The number of aromatic nitrogens is 3. The second-order valence-corrected chi connectivity index (χ2v) is 8.86. The molecule has 1 fully saturated rings. The van der Waals surface area contributed by atoms with E-state index in [9.17, 15) is 4.79 Å². The normalized spacial score (nSPS) is 14.6.